The van der Waals surface area contributed by atoms with E-state index in [0.29, 0.717) is 36.8 Å². The van der Waals surface area contributed by atoms with Gasteiger partial charge in [-0.05, 0) is 42.0 Å². The van der Waals surface area contributed by atoms with Crippen LogP contribution < -0.4 is 14.8 Å². The Labute approximate surface area is 205 Å². The zero-order valence-electron chi connectivity index (χ0n) is 19.9. The van der Waals surface area contributed by atoms with Gasteiger partial charge in [0.05, 0.1) is 18.7 Å². The molecule has 2 fully saturated rings. The predicted octanol–water partition coefficient (Wildman–Crippen LogP) is 2.59. The third-order valence-corrected chi connectivity index (χ3v) is 6.33. The molecule has 0 aromatic heterocycles. The first-order chi connectivity index (χ1) is 17.0. The Kier molecular flexibility index (Phi) is 7.84. The number of amides is 1. The lowest BCUT2D eigenvalue weighted by molar-refractivity contribution is -0.140. The molecule has 1 atom stereocenters. The normalized spacial score (nSPS) is 20.1. The number of carbonyl (C=O) groups excluding carboxylic acids is 2. The summed E-state index contributed by atoms with van der Waals surface area (Å²) in [7, 11) is 1.56. The monoisotopic (exact) mass is 477 g/mol. The van der Waals surface area contributed by atoms with Gasteiger partial charge in [0.25, 0.3) is 11.7 Å². The topological polar surface area (TPSA) is 91.3 Å². The maximum atomic E-state index is 13.2. The molecule has 35 heavy (non-hydrogen) atoms. The van der Waals surface area contributed by atoms with Crippen LogP contribution in [-0.2, 0) is 9.59 Å². The van der Waals surface area contributed by atoms with Crippen LogP contribution in [0, 0.1) is 0 Å². The second kappa shape index (κ2) is 11.2. The van der Waals surface area contributed by atoms with Gasteiger partial charge in [-0.1, -0.05) is 24.8 Å². The molecule has 8 nitrogen and oxygen atoms in total. The maximum Gasteiger partial charge on any atom is 0.295 e. The minimum Gasteiger partial charge on any atom is -0.507 e. The number of likely N-dealkylation sites (tertiary alicyclic amines) is 1. The molecule has 8 heteroatoms. The molecule has 184 valence electrons. The molecule has 0 radical (unpaired) electrons. The van der Waals surface area contributed by atoms with Gasteiger partial charge in [0.2, 0.25) is 0 Å². The molecule has 0 aliphatic carbocycles. The van der Waals surface area contributed by atoms with Crippen molar-refractivity contribution in [1.29, 1.82) is 0 Å². The zero-order chi connectivity index (χ0) is 24.8. The van der Waals surface area contributed by atoms with Crippen molar-refractivity contribution in [3.05, 3.63) is 77.9 Å². The number of nitrogens with one attached hydrogen (secondary N) is 1. The summed E-state index contributed by atoms with van der Waals surface area (Å²) in [6.45, 7) is 8.61. The number of piperazine rings is 1. The third-order valence-electron chi connectivity index (χ3n) is 6.33. The molecule has 1 unspecified atom stereocenters. The number of hydrogen-bond acceptors (Lipinski definition) is 7. The molecular weight excluding hydrogens is 446 g/mol. The van der Waals surface area contributed by atoms with E-state index in [2.05, 4.69) is 16.8 Å². The molecule has 2 saturated heterocycles. The van der Waals surface area contributed by atoms with Gasteiger partial charge in [-0.3, -0.25) is 14.5 Å². The minimum atomic E-state index is -0.700. The quantitative estimate of drug-likeness (QED) is 0.248. The summed E-state index contributed by atoms with van der Waals surface area (Å²) in [5.74, 6) is -0.207. The largest absolute Gasteiger partial charge is 0.507 e. The molecule has 0 bridgehead atoms. The smallest absolute Gasteiger partial charge is 0.295 e. The predicted molar refractivity (Wildman–Crippen MR) is 133 cm³/mol. The highest BCUT2D eigenvalue weighted by Crippen LogP contribution is 2.39. The Bertz CT molecular complexity index is 1090. The number of aliphatic hydroxyl groups is 1. The number of ether oxygens (including phenoxy) is 2. The van der Waals surface area contributed by atoms with Crippen molar-refractivity contribution >= 4 is 17.4 Å². The molecule has 2 aromatic carbocycles. The summed E-state index contributed by atoms with van der Waals surface area (Å²) in [5.41, 5.74) is 1.26. The number of benzene rings is 2. The fraction of sp³-hybridized carbons (Fsp3) is 0.333. The second-order valence-corrected chi connectivity index (χ2v) is 8.48. The molecule has 2 N–H and O–H groups in total. The summed E-state index contributed by atoms with van der Waals surface area (Å²) in [4.78, 5) is 30.2. The van der Waals surface area contributed by atoms with Crippen LogP contribution in [0.2, 0.25) is 0 Å². The number of methoxy groups -OCH3 is 1. The Hall–Kier alpha value is -3.62. The Morgan fingerprint density at radius 1 is 1.06 bits per heavy atom. The molecule has 2 aromatic rings. The van der Waals surface area contributed by atoms with Crippen molar-refractivity contribution in [1.82, 2.24) is 15.1 Å². The van der Waals surface area contributed by atoms with Crippen LogP contribution in [0.5, 0.6) is 11.5 Å². The lowest BCUT2D eigenvalue weighted by atomic mass is 9.95. The van der Waals surface area contributed by atoms with Crippen molar-refractivity contribution in [2.45, 2.75) is 6.04 Å². The van der Waals surface area contributed by atoms with E-state index in [4.69, 9.17) is 9.47 Å². The summed E-state index contributed by atoms with van der Waals surface area (Å²) in [5, 5.41) is 14.5. The Morgan fingerprint density at radius 3 is 2.34 bits per heavy atom. The summed E-state index contributed by atoms with van der Waals surface area (Å²) < 4.78 is 10.8. The van der Waals surface area contributed by atoms with E-state index in [1.807, 2.05) is 12.1 Å². The van der Waals surface area contributed by atoms with Crippen LogP contribution in [0.25, 0.3) is 5.76 Å². The van der Waals surface area contributed by atoms with Gasteiger partial charge in [-0.15, -0.1) is 0 Å². The Balaban J connectivity index is 1.70. The molecular formula is C27H31N3O5. The maximum absolute atomic E-state index is 13.2. The number of nitrogens with zero attached hydrogens (tertiary/aromatic N) is 2. The first-order valence-electron chi connectivity index (χ1n) is 11.7. The van der Waals surface area contributed by atoms with E-state index >= 15 is 0 Å². The highest BCUT2D eigenvalue weighted by Gasteiger charge is 2.46. The van der Waals surface area contributed by atoms with Gasteiger partial charge in [0, 0.05) is 44.8 Å². The molecule has 1 amide bonds. The van der Waals surface area contributed by atoms with Crippen molar-refractivity contribution in [2.75, 3.05) is 53.0 Å². The van der Waals surface area contributed by atoms with E-state index in [0.717, 1.165) is 31.7 Å². The molecule has 2 aliphatic heterocycles. The van der Waals surface area contributed by atoms with Gasteiger partial charge in [-0.2, -0.15) is 0 Å². The molecule has 0 spiro atoms. The van der Waals surface area contributed by atoms with Crippen molar-refractivity contribution in [3.8, 4) is 11.5 Å². The van der Waals surface area contributed by atoms with Crippen molar-refractivity contribution in [3.63, 3.8) is 0 Å². The number of Topliss-reactive ketones (excluding diaryl/α,β-unsaturated/α-hetero) is 1. The van der Waals surface area contributed by atoms with Gasteiger partial charge >= 0.3 is 0 Å². The highest BCUT2D eigenvalue weighted by atomic mass is 16.5. The number of ketones is 1. The molecule has 0 saturated carbocycles. The van der Waals surface area contributed by atoms with Gasteiger partial charge in [0.15, 0.2) is 0 Å². The van der Waals surface area contributed by atoms with Crippen LogP contribution >= 0.6 is 0 Å². The van der Waals surface area contributed by atoms with Crippen LogP contribution in [-0.4, -0.2) is 79.6 Å². The first-order valence-corrected chi connectivity index (χ1v) is 11.7. The van der Waals surface area contributed by atoms with Gasteiger partial charge in [-0.25, -0.2) is 0 Å². The molecule has 2 heterocycles. The van der Waals surface area contributed by atoms with E-state index in [-0.39, 0.29) is 11.3 Å². The third kappa shape index (κ3) is 5.39. The van der Waals surface area contributed by atoms with Gasteiger partial charge < -0.3 is 24.8 Å². The van der Waals surface area contributed by atoms with E-state index in [9.17, 15) is 14.7 Å². The number of carbonyl (C=O) groups is 2. The van der Waals surface area contributed by atoms with E-state index < -0.39 is 17.7 Å². The lowest BCUT2D eigenvalue weighted by Gasteiger charge is -2.31. The van der Waals surface area contributed by atoms with E-state index in [1.54, 1.807) is 54.5 Å². The van der Waals surface area contributed by atoms with Crippen LogP contribution in [0.3, 0.4) is 0 Å². The number of rotatable bonds is 9. The van der Waals surface area contributed by atoms with Crippen LogP contribution in [0.1, 0.15) is 17.2 Å². The summed E-state index contributed by atoms with van der Waals surface area (Å²) in [6.07, 6.45) is 1.66. The average Bonchev–Trinajstić information content (AvgIpc) is 3.16. The lowest BCUT2D eigenvalue weighted by Crippen LogP contribution is -2.46. The highest BCUT2D eigenvalue weighted by molar-refractivity contribution is 6.46. The first kappa shape index (κ1) is 24.5. The fourth-order valence-electron chi connectivity index (χ4n) is 4.45. The fourth-order valence-corrected chi connectivity index (χ4v) is 4.45. The van der Waals surface area contributed by atoms with Crippen LogP contribution in [0.4, 0.5) is 0 Å². The van der Waals surface area contributed by atoms with Crippen LogP contribution in [0.15, 0.2) is 66.8 Å². The summed E-state index contributed by atoms with van der Waals surface area (Å²) >= 11 is 0. The number of aliphatic hydroxyl groups excluding tert-OH is 1. The molecule has 4 rings (SSSR count). The van der Waals surface area contributed by atoms with E-state index in [1.165, 1.54) is 0 Å². The standard InChI is InChI=1S/C27H31N3O5/c1-3-18-35-22-10-4-19(5-11-22)24-23(25(31)20-6-8-21(34-2)9-7-20)26(32)27(33)30(24)17-16-29-14-12-28-13-15-29/h3-11,24,28,31H,1,12-18H2,2H3. The molecule has 2 aliphatic rings. The van der Waals surface area contributed by atoms with Crippen molar-refractivity contribution in [2.24, 2.45) is 0 Å². The average molecular weight is 478 g/mol. The van der Waals surface area contributed by atoms with Crippen molar-refractivity contribution < 1.29 is 24.2 Å². The second-order valence-electron chi connectivity index (χ2n) is 8.48. The van der Waals surface area contributed by atoms with Gasteiger partial charge in [0.1, 0.15) is 23.9 Å². The zero-order valence-corrected chi connectivity index (χ0v) is 19.9. The summed E-state index contributed by atoms with van der Waals surface area (Å²) in [6, 6.07) is 13.3. The number of hydrogen-bond donors (Lipinski definition) is 2. The SMILES string of the molecule is C=CCOc1ccc(C2C(=C(O)c3ccc(OC)cc3)C(=O)C(=O)N2CCN2CCNCC2)cc1. The minimum absolute atomic E-state index is 0.0836. The Morgan fingerprint density at radius 2 is 1.71 bits per heavy atom.